The molecule has 2 saturated heterocycles. The standard InChI is InChI=1S/C28H30ClF3N6O3S/c29-22-6-3-16(9-23(22)31)26(17-8-18(30)11-34-10-17)27(33)28(39)37-25-14-35-13-24(32)21(25)5-4-20-12-36-19-2-1-7-42(40,41)38(20)15-19/h3,6,8-11,13-14,19-20,26-27,36H,1-2,4-5,7,12,15,33H2,(H,37,39)/t19-,20+,26+,27+/m1/s1. The van der Waals surface area contributed by atoms with Gasteiger partial charge < -0.3 is 16.4 Å². The molecular weight excluding hydrogens is 593 g/mol. The van der Waals surface area contributed by atoms with E-state index >= 15 is 4.39 Å². The lowest BCUT2D eigenvalue weighted by molar-refractivity contribution is -0.117. The van der Waals surface area contributed by atoms with Gasteiger partial charge >= 0.3 is 0 Å². The quantitative estimate of drug-likeness (QED) is 0.351. The predicted octanol–water partition coefficient (Wildman–Crippen LogP) is 3.34. The van der Waals surface area contributed by atoms with Crippen LogP contribution in [0.2, 0.25) is 5.02 Å². The number of benzene rings is 1. The molecule has 42 heavy (non-hydrogen) atoms. The SMILES string of the molecule is N[C@H](C(=O)Nc1cncc(F)c1CC[C@H]1CN[C@@H]2CCCS(=O)(=O)N1C2)[C@H](c1cncc(F)c1)c1ccc(Cl)c(F)c1. The third-order valence-corrected chi connectivity index (χ3v) is 10.1. The summed E-state index contributed by atoms with van der Waals surface area (Å²) >= 11 is 5.84. The minimum Gasteiger partial charge on any atom is -0.323 e. The summed E-state index contributed by atoms with van der Waals surface area (Å²) < 4.78 is 70.7. The second-order valence-corrected chi connectivity index (χ2v) is 13.0. The van der Waals surface area contributed by atoms with E-state index in [9.17, 15) is 22.0 Å². The fourth-order valence-electron chi connectivity index (χ4n) is 5.66. The van der Waals surface area contributed by atoms with Gasteiger partial charge in [-0.2, -0.15) is 4.31 Å². The number of sulfonamides is 1. The van der Waals surface area contributed by atoms with Gasteiger partial charge in [0.1, 0.15) is 17.5 Å². The third-order valence-electron chi connectivity index (χ3n) is 7.80. The maximum atomic E-state index is 15.0. The average molecular weight is 623 g/mol. The molecule has 3 aromatic rings. The van der Waals surface area contributed by atoms with Crippen molar-refractivity contribution in [1.29, 1.82) is 0 Å². The van der Waals surface area contributed by atoms with Crippen molar-refractivity contribution in [1.82, 2.24) is 19.6 Å². The van der Waals surface area contributed by atoms with Gasteiger partial charge in [0.05, 0.1) is 41.1 Å². The second kappa shape index (κ2) is 12.6. The number of carbonyl (C=O) groups is 1. The molecule has 0 spiro atoms. The molecule has 1 aromatic carbocycles. The molecule has 224 valence electrons. The molecule has 9 nitrogen and oxygen atoms in total. The molecule has 5 rings (SSSR count). The van der Waals surface area contributed by atoms with Crippen molar-refractivity contribution in [2.45, 2.75) is 49.7 Å². The zero-order valence-electron chi connectivity index (χ0n) is 22.4. The van der Waals surface area contributed by atoms with Gasteiger partial charge in [-0.3, -0.25) is 14.8 Å². The Kier molecular flexibility index (Phi) is 9.14. The highest BCUT2D eigenvalue weighted by atomic mass is 35.5. The highest BCUT2D eigenvalue weighted by Crippen LogP contribution is 2.31. The van der Waals surface area contributed by atoms with Crippen molar-refractivity contribution in [3.8, 4) is 0 Å². The third kappa shape index (κ3) is 6.60. The molecule has 1 unspecified atom stereocenters. The Morgan fingerprint density at radius 1 is 1.12 bits per heavy atom. The molecule has 0 radical (unpaired) electrons. The molecule has 2 fully saturated rings. The topological polar surface area (TPSA) is 130 Å². The molecule has 5 atom stereocenters. The Bertz CT molecular complexity index is 1580. The number of rotatable bonds is 8. The molecule has 2 aliphatic rings. The van der Waals surface area contributed by atoms with Crippen LogP contribution in [0, 0.1) is 17.5 Å². The first-order valence-electron chi connectivity index (χ1n) is 13.5. The molecule has 2 aromatic heterocycles. The van der Waals surface area contributed by atoms with Crippen molar-refractivity contribution in [3.63, 3.8) is 0 Å². The van der Waals surface area contributed by atoms with Gasteiger partial charge in [0.25, 0.3) is 0 Å². The van der Waals surface area contributed by atoms with Crippen molar-refractivity contribution in [3.05, 3.63) is 88.2 Å². The summed E-state index contributed by atoms with van der Waals surface area (Å²) in [5, 5.41) is 5.86. The van der Waals surface area contributed by atoms with Gasteiger partial charge in [-0.05, 0) is 55.0 Å². The number of anilines is 1. The number of hydrogen-bond acceptors (Lipinski definition) is 7. The minimum absolute atomic E-state index is 0.0641. The number of halogens is 4. The second-order valence-electron chi connectivity index (χ2n) is 10.6. The molecular formula is C28H30ClF3N6O3S. The number of nitrogens with one attached hydrogen (secondary N) is 2. The number of hydrogen-bond donors (Lipinski definition) is 3. The summed E-state index contributed by atoms with van der Waals surface area (Å²) in [5.74, 6) is -3.81. The summed E-state index contributed by atoms with van der Waals surface area (Å²) in [7, 11) is -3.43. The molecule has 14 heteroatoms. The van der Waals surface area contributed by atoms with Crippen LogP contribution in [0.15, 0.2) is 49.1 Å². The smallest absolute Gasteiger partial charge is 0.242 e. The van der Waals surface area contributed by atoms with E-state index < -0.39 is 45.3 Å². The van der Waals surface area contributed by atoms with Crippen molar-refractivity contribution < 1.29 is 26.4 Å². The zero-order valence-corrected chi connectivity index (χ0v) is 24.0. The minimum atomic E-state index is -3.43. The average Bonchev–Trinajstić information content (AvgIpc) is 3.06. The number of nitrogens with two attached hydrogens (primary N) is 1. The van der Waals surface area contributed by atoms with Crippen molar-refractivity contribution >= 4 is 33.2 Å². The van der Waals surface area contributed by atoms with Crippen LogP contribution in [-0.2, 0) is 21.2 Å². The van der Waals surface area contributed by atoms with Gasteiger partial charge in [0.15, 0.2) is 0 Å². The summed E-state index contributed by atoms with van der Waals surface area (Å²) in [6.07, 6.45) is 6.36. The number of nitrogens with zero attached hydrogens (tertiary/aromatic N) is 3. The Balaban J connectivity index is 1.38. The van der Waals surface area contributed by atoms with Gasteiger partial charge in [0, 0.05) is 42.9 Å². The van der Waals surface area contributed by atoms with Crippen LogP contribution in [-0.4, -0.2) is 65.6 Å². The number of carbonyl (C=O) groups excluding carboxylic acids is 1. The number of fused-ring (bicyclic) bond motifs is 2. The molecule has 0 saturated carbocycles. The number of pyridine rings is 2. The largest absolute Gasteiger partial charge is 0.323 e. The molecule has 2 aliphatic heterocycles. The highest BCUT2D eigenvalue weighted by molar-refractivity contribution is 7.89. The van der Waals surface area contributed by atoms with Gasteiger partial charge in [-0.25, -0.2) is 21.6 Å². The van der Waals surface area contributed by atoms with Crippen LogP contribution in [0.4, 0.5) is 18.9 Å². The lowest BCUT2D eigenvalue weighted by Crippen LogP contribution is -2.57. The van der Waals surface area contributed by atoms with E-state index in [1.54, 1.807) is 0 Å². The van der Waals surface area contributed by atoms with Gasteiger partial charge in [-0.1, -0.05) is 17.7 Å². The van der Waals surface area contributed by atoms with Crippen LogP contribution < -0.4 is 16.4 Å². The van der Waals surface area contributed by atoms with Crippen LogP contribution in [0.25, 0.3) is 0 Å². The first kappa shape index (κ1) is 30.4. The lowest BCUT2D eigenvalue weighted by Gasteiger charge is -2.37. The summed E-state index contributed by atoms with van der Waals surface area (Å²) in [4.78, 5) is 21.1. The van der Waals surface area contributed by atoms with Gasteiger partial charge in [0.2, 0.25) is 15.9 Å². The molecule has 4 N–H and O–H groups in total. The van der Waals surface area contributed by atoms with E-state index in [2.05, 4.69) is 20.6 Å². The normalized spacial score (nSPS) is 23.0. The summed E-state index contributed by atoms with van der Waals surface area (Å²) in [6, 6.07) is 3.36. The van der Waals surface area contributed by atoms with E-state index in [1.807, 2.05) is 0 Å². The molecule has 0 aliphatic carbocycles. The van der Waals surface area contributed by atoms with Gasteiger partial charge in [-0.15, -0.1) is 0 Å². The lowest BCUT2D eigenvalue weighted by atomic mass is 9.85. The number of aromatic nitrogens is 2. The van der Waals surface area contributed by atoms with Crippen LogP contribution in [0.5, 0.6) is 0 Å². The Hall–Kier alpha value is -3.10. The van der Waals surface area contributed by atoms with Crippen molar-refractivity contribution in [2.24, 2.45) is 5.73 Å². The summed E-state index contributed by atoms with van der Waals surface area (Å²) in [5.41, 5.74) is 7.06. The van der Waals surface area contributed by atoms with Crippen molar-refractivity contribution in [2.75, 3.05) is 24.2 Å². The fourth-order valence-corrected chi connectivity index (χ4v) is 7.58. The van der Waals surface area contributed by atoms with E-state index in [-0.39, 0.29) is 51.7 Å². The van der Waals surface area contributed by atoms with Crippen LogP contribution in [0.1, 0.15) is 41.9 Å². The van der Waals surface area contributed by atoms with E-state index in [1.165, 1.54) is 28.8 Å². The first-order valence-corrected chi connectivity index (χ1v) is 15.5. The summed E-state index contributed by atoms with van der Waals surface area (Å²) in [6.45, 7) is 0.802. The highest BCUT2D eigenvalue weighted by Gasteiger charge is 2.38. The maximum Gasteiger partial charge on any atom is 0.242 e. The Morgan fingerprint density at radius 2 is 1.90 bits per heavy atom. The Morgan fingerprint density at radius 3 is 2.67 bits per heavy atom. The monoisotopic (exact) mass is 622 g/mol. The van der Waals surface area contributed by atoms with E-state index in [0.717, 1.165) is 30.9 Å². The van der Waals surface area contributed by atoms with Crippen LogP contribution in [0.3, 0.4) is 0 Å². The van der Waals surface area contributed by atoms with E-state index in [0.29, 0.717) is 25.9 Å². The molecule has 1 amide bonds. The predicted molar refractivity (Wildman–Crippen MR) is 152 cm³/mol. The molecule has 2 bridgehead atoms. The first-order chi connectivity index (χ1) is 20.0. The van der Waals surface area contributed by atoms with E-state index in [4.69, 9.17) is 17.3 Å². The number of amides is 1. The molecule has 4 heterocycles. The van der Waals surface area contributed by atoms with Crippen LogP contribution >= 0.6 is 11.6 Å². The maximum absolute atomic E-state index is 15.0. The zero-order chi connectivity index (χ0) is 30.0. The Labute approximate surface area is 246 Å². The fraction of sp³-hybridized carbons (Fsp3) is 0.393. The number of piperazine rings is 1.